The third kappa shape index (κ3) is 6.92. The van der Waals surface area contributed by atoms with Crippen molar-refractivity contribution in [3.63, 3.8) is 0 Å². The summed E-state index contributed by atoms with van der Waals surface area (Å²) in [5.41, 5.74) is 1.15. The van der Waals surface area contributed by atoms with Gasteiger partial charge in [-0.3, -0.25) is 19.3 Å². The van der Waals surface area contributed by atoms with Gasteiger partial charge in [0.25, 0.3) is 5.91 Å². The normalized spacial score (nSPS) is 14.3. The Labute approximate surface area is 182 Å². The van der Waals surface area contributed by atoms with E-state index in [1.807, 2.05) is 17.7 Å². The molecule has 0 bridgehead atoms. The molecule has 1 aromatic heterocycles. The summed E-state index contributed by atoms with van der Waals surface area (Å²) in [6.45, 7) is 6.09. The van der Waals surface area contributed by atoms with Gasteiger partial charge in [0, 0.05) is 69.3 Å². The Kier molecular flexibility index (Phi) is 8.17. The summed E-state index contributed by atoms with van der Waals surface area (Å²) in [4.78, 5) is 44.8. The number of aromatic nitrogens is 2. The van der Waals surface area contributed by atoms with E-state index >= 15 is 0 Å². The fraction of sp³-hybridized carbons (Fsp3) is 0.455. The van der Waals surface area contributed by atoms with E-state index in [1.165, 1.54) is 0 Å². The second kappa shape index (κ2) is 11.3. The lowest BCUT2D eigenvalue weighted by Gasteiger charge is -2.34. The standard InChI is InChI=1S/C22H30N6O3/c1-2-7-24-21(30)16-26-11-13-28(14-12-26)22(31)18-4-3-5-19(15-18)25-20(29)6-9-27-10-8-23-17-27/h3-5,8,10,15,17H,2,6-7,9,11-14,16H2,1H3,(H,24,30)(H,25,29). The van der Waals surface area contributed by atoms with E-state index in [0.29, 0.717) is 63.5 Å². The second-order valence-electron chi connectivity index (χ2n) is 7.60. The molecule has 3 amide bonds. The van der Waals surface area contributed by atoms with E-state index in [1.54, 1.807) is 41.7 Å². The summed E-state index contributed by atoms with van der Waals surface area (Å²) < 4.78 is 1.84. The maximum Gasteiger partial charge on any atom is 0.254 e. The minimum atomic E-state index is -0.117. The molecular weight excluding hydrogens is 396 g/mol. The molecule has 2 heterocycles. The lowest BCUT2D eigenvalue weighted by atomic mass is 10.1. The summed E-state index contributed by atoms with van der Waals surface area (Å²) in [6.07, 6.45) is 6.39. The highest BCUT2D eigenvalue weighted by molar-refractivity contribution is 5.97. The molecule has 1 saturated heterocycles. The van der Waals surface area contributed by atoms with Crippen molar-refractivity contribution >= 4 is 23.4 Å². The van der Waals surface area contributed by atoms with Crippen LogP contribution in [0, 0.1) is 0 Å². The molecule has 0 aliphatic carbocycles. The van der Waals surface area contributed by atoms with Gasteiger partial charge < -0.3 is 20.1 Å². The van der Waals surface area contributed by atoms with Gasteiger partial charge in [-0.25, -0.2) is 4.98 Å². The van der Waals surface area contributed by atoms with Crippen molar-refractivity contribution in [1.82, 2.24) is 24.7 Å². The van der Waals surface area contributed by atoms with Gasteiger partial charge in [-0.1, -0.05) is 13.0 Å². The molecule has 9 nitrogen and oxygen atoms in total. The number of nitrogens with zero attached hydrogens (tertiary/aromatic N) is 4. The lowest BCUT2D eigenvalue weighted by Crippen LogP contribution is -2.51. The maximum absolute atomic E-state index is 12.9. The van der Waals surface area contributed by atoms with Crippen LogP contribution in [0.4, 0.5) is 5.69 Å². The van der Waals surface area contributed by atoms with Gasteiger partial charge >= 0.3 is 0 Å². The number of rotatable bonds is 9. The summed E-state index contributed by atoms with van der Waals surface area (Å²) >= 11 is 0. The summed E-state index contributed by atoms with van der Waals surface area (Å²) in [6, 6.07) is 7.02. The van der Waals surface area contributed by atoms with Crippen molar-refractivity contribution in [2.24, 2.45) is 0 Å². The average molecular weight is 427 g/mol. The topological polar surface area (TPSA) is 99.6 Å². The number of carbonyl (C=O) groups is 3. The molecule has 0 unspecified atom stereocenters. The number of hydrogen-bond acceptors (Lipinski definition) is 5. The Morgan fingerprint density at radius 3 is 2.61 bits per heavy atom. The number of benzene rings is 1. The van der Waals surface area contributed by atoms with Crippen LogP contribution >= 0.6 is 0 Å². The first-order valence-corrected chi connectivity index (χ1v) is 10.7. The Hall–Kier alpha value is -3.20. The Balaban J connectivity index is 1.47. The van der Waals surface area contributed by atoms with Gasteiger partial charge in [-0.2, -0.15) is 0 Å². The molecule has 0 spiro atoms. The summed E-state index contributed by atoms with van der Waals surface area (Å²) in [5, 5.41) is 5.73. The van der Waals surface area contributed by atoms with Crippen molar-refractivity contribution in [3.8, 4) is 0 Å². The molecule has 3 rings (SSSR count). The van der Waals surface area contributed by atoms with Crippen molar-refractivity contribution in [3.05, 3.63) is 48.5 Å². The molecule has 2 N–H and O–H groups in total. The van der Waals surface area contributed by atoms with Crippen molar-refractivity contribution in [2.45, 2.75) is 26.3 Å². The first kappa shape index (κ1) is 22.5. The zero-order chi connectivity index (χ0) is 22.1. The van der Waals surface area contributed by atoms with Crippen LogP contribution in [0.25, 0.3) is 0 Å². The molecule has 1 aliphatic rings. The second-order valence-corrected chi connectivity index (χ2v) is 7.60. The number of imidazole rings is 1. The van der Waals surface area contributed by atoms with Gasteiger partial charge in [-0.15, -0.1) is 0 Å². The Morgan fingerprint density at radius 1 is 1.10 bits per heavy atom. The zero-order valence-corrected chi connectivity index (χ0v) is 17.9. The largest absolute Gasteiger partial charge is 0.355 e. The predicted molar refractivity (Wildman–Crippen MR) is 118 cm³/mol. The smallest absolute Gasteiger partial charge is 0.254 e. The molecule has 9 heteroatoms. The highest BCUT2D eigenvalue weighted by Crippen LogP contribution is 2.15. The molecule has 0 radical (unpaired) electrons. The van der Waals surface area contributed by atoms with Crippen LogP contribution in [-0.4, -0.2) is 76.3 Å². The highest BCUT2D eigenvalue weighted by Gasteiger charge is 2.23. The molecule has 1 aliphatic heterocycles. The first-order valence-electron chi connectivity index (χ1n) is 10.7. The molecule has 1 aromatic carbocycles. The van der Waals surface area contributed by atoms with Gasteiger partial charge in [0.05, 0.1) is 12.9 Å². The van der Waals surface area contributed by atoms with Crippen molar-refractivity contribution in [2.75, 3.05) is 44.6 Å². The van der Waals surface area contributed by atoms with Gasteiger partial charge in [0.2, 0.25) is 11.8 Å². The van der Waals surface area contributed by atoms with Crippen LogP contribution in [-0.2, 0) is 16.1 Å². The first-order chi connectivity index (χ1) is 15.0. The van der Waals surface area contributed by atoms with E-state index in [4.69, 9.17) is 0 Å². The minimum absolute atomic E-state index is 0.0260. The molecule has 0 atom stereocenters. The van der Waals surface area contributed by atoms with E-state index in [2.05, 4.69) is 20.5 Å². The third-order valence-corrected chi connectivity index (χ3v) is 5.15. The highest BCUT2D eigenvalue weighted by atomic mass is 16.2. The van der Waals surface area contributed by atoms with Gasteiger partial charge in [0.15, 0.2) is 0 Å². The van der Waals surface area contributed by atoms with Gasteiger partial charge in [-0.05, 0) is 24.6 Å². The van der Waals surface area contributed by atoms with Crippen molar-refractivity contribution < 1.29 is 14.4 Å². The molecular formula is C22H30N6O3. The van der Waals surface area contributed by atoms with Crippen molar-refractivity contribution in [1.29, 1.82) is 0 Å². The van der Waals surface area contributed by atoms with Crippen LogP contribution in [0.1, 0.15) is 30.1 Å². The van der Waals surface area contributed by atoms with Crippen LogP contribution in [0.2, 0.25) is 0 Å². The summed E-state index contributed by atoms with van der Waals surface area (Å²) in [5.74, 6) is -0.157. The monoisotopic (exact) mass is 426 g/mol. The zero-order valence-electron chi connectivity index (χ0n) is 17.9. The fourth-order valence-corrected chi connectivity index (χ4v) is 3.42. The molecule has 166 valence electrons. The Bertz CT molecular complexity index is 875. The van der Waals surface area contributed by atoms with E-state index in [-0.39, 0.29) is 17.7 Å². The molecule has 1 fully saturated rings. The number of aryl methyl sites for hydroxylation is 1. The Morgan fingerprint density at radius 2 is 1.90 bits per heavy atom. The quantitative estimate of drug-likeness (QED) is 0.628. The number of carbonyl (C=O) groups excluding carboxylic acids is 3. The van der Waals surface area contributed by atoms with Crippen LogP contribution in [0.15, 0.2) is 43.0 Å². The number of anilines is 1. The van der Waals surface area contributed by atoms with Crippen LogP contribution < -0.4 is 10.6 Å². The predicted octanol–water partition coefficient (Wildman–Crippen LogP) is 1.20. The summed E-state index contributed by atoms with van der Waals surface area (Å²) in [7, 11) is 0. The van der Waals surface area contributed by atoms with Crippen LogP contribution in [0.3, 0.4) is 0 Å². The minimum Gasteiger partial charge on any atom is -0.355 e. The van der Waals surface area contributed by atoms with E-state index in [0.717, 1.165) is 6.42 Å². The maximum atomic E-state index is 12.9. The molecule has 31 heavy (non-hydrogen) atoms. The SMILES string of the molecule is CCCNC(=O)CN1CCN(C(=O)c2cccc(NC(=O)CCn3ccnc3)c2)CC1. The van der Waals surface area contributed by atoms with E-state index < -0.39 is 0 Å². The van der Waals surface area contributed by atoms with E-state index in [9.17, 15) is 14.4 Å². The fourth-order valence-electron chi connectivity index (χ4n) is 3.42. The number of piperazine rings is 1. The number of amides is 3. The number of nitrogens with one attached hydrogen (secondary N) is 2. The molecule has 2 aromatic rings. The van der Waals surface area contributed by atoms with Gasteiger partial charge in [0.1, 0.15) is 0 Å². The third-order valence-electron chi connectivity index (χ3n) is 5.15. The lowest BCUT2D eigenvalue weighted by molar-refractivity contribution is -0.122. The average Bonchev–Trinajstić information content (AvgIpc) is 3.30. The number of hydrogen-bond donors (Lipinski definition) is 2. The van der Waals surface area contributed by atoms with Crippen LogP contribution in [0.5, 0.6) is 0 Å². The molecule has 0 saturated carbocycles.